The van der Waals surface area contributed by atoms with E-state index in [4.69, 9.17) is 10.5 Å². The van der Waals surface area contributed by atoms with Crippen LogP contribution in [0.15, 0.2) is 0 Å². The van der Waals surface area contributed by atoms with Crippen molar-refractivity contribution in [1.82, 2.24) is 5.32 Å². The van der Waals surface area contributed by atoms with Crippen LogP contribution in [-0.4, -0.2) is 51.6 Å². The van der Waals surface area contributed by atoms with Crippen molar-refractivity contribution < 1.29 is 17.9 Å². The smallest absolute Gasteiger partial charge is 0.238 e. The van der Waals surface area contributed by atoms with Crippen LogP contribution in [0.4, 0.5) is 0 Å². The first kappa shape index (κ1) is 15.3. The molecule has 2 atom stereocenters. The molecule has 0 aromatic rings. The van der Waals surface area contributed by atoms with Gasteiger partial charge in [-0.05, 0) is 13.8 Å². The number of methoxy groups -OCH3 is 1. The summed E-state index contributed by atoms with van der Waals surface area (Å²) < 4.78 is 28.0. The number of rotatable bonds is 7. The molecule has 0 heterocycles. The number of ether oxygens (including phenoxy) is 1. The zero-order valence-electron chi connectivity index (χ0n) is 9.89. The van der Waals surface area contributed by atoms with Crippen LogP contribution in [0, 0.1) is 0 Å². The van der Waals surface area contributed by atoms with E-state index in [1.807, 2.05) is 0 Å². The Bertz CT molecular complexity index is 313. The van der Waals surface area contributed by atoms with E-state index in [0.29, 0.717) is 13.2 Å². The molecule has 0 rings (SSSR count). The zero-order chi connectivity index (χ0) is 12.8. The second-order valence-electron chi connectivity index (χ2n) is 3.73. The number of hydrogen-bond donors (Lipinski definition) is 2. The second kappa shape index (κ2) is 6.82. The van der Waals surface area contributed by atoms with E-state index < -0.39 is 27.0 Å². The normalized spacial score (nSPS) is 15.5. The molecule has 3 N–H and O–H groups in total. The first-order valence-electron chi connectivity index (χ1n) is 5.05. The van der Waals surface area contributed by atoms with Crippen molar-refractivity contribution >= 4 is 15.7 Å². The van der Waals surface area contributed by atoms with Gasteiger partial charge in [-0.15, -0.1) is 0 Å². The fourth-order valence-corrected chi connectivity index (χ4v) is 2.52. The molecule has 7 heteroatoms. The highest BCUT2D eigenvalue weighted by Gasteiger charge is 2.28. The summed E-state index contributed by atoms with van der Waals surface area (Å²) in [5, 5.41) is 1.41. The molecule has 0 aromatic heterocycles. The fraction of sp³-hybridized carbons (Fsp3) is 0.889. The highest BCUT2D eigenvalue weighted by atomic mass is 32.2. The van der Waals surface area contributed by atoms with E-state index in [9.17, 15) is 13.2 Å². The van der Waals surface area contributed by atoms with Crippen LogP contribution in [-0.2, 0) is 19.4 Å². The molecule has 0 spiro atoms. The first-order valence-corrected chi connectivity index (χ1v) is 6.76. The van der Waals surface area contributed by atoms with Gasteiger partial charge >= 0.3 is 0 Å². The number of amides is 1. The van der Waals surface area contributed by atoms with Crippen LogP contribution < -0.4 is 11.1 Å². The average Bonchev–Trinajstić information content (AvgIpc) is 2.14. The average molecular weight is 252 g/mol. The molecule has 2 unspecified atom stereocenters. The Morgan fingerprint density at radius 1 is 1.44 bits per heavy atom. The molecule has 1 amide bonds. The summed E-state index contributed by atoms with van der Waals surface area (Å²) in [7, 11) is -1.97. The van der Waals surface area contributed by atoms with Gasteiger partial charge in [-0.1, -0.05) is 0 Å². The van der Waals surface area contributed by atoms with Gasteiger partial charge in [0.15, 0.2) is 9.84 Å². The van der Waals surface area contributed by atoms with Gasteiger partial charge in [-0.3, -0.25) is 4.79 Å². The van der Waals surface area contributed by atoms with Crippen molar-refractivity contribution in [3.05, 3.63) is 0 Å². The highest BCUT2D eigenvalue weighted by molar-refractivity contribution is 7.92. The Morgan fingerprint density at radius 3 is 2.44 bits per heavy atom. The summed E-state index contributed by atoms with van der Waals surface area (Å²) >= 11 is 0. The molecule has 0 radical (unpaired) electrons. The van der Waals surface area contributed by atoms with Crippen molar-refractivity contribution in [3.63, 3.8) is 0 Å². The lowest BCUT2D eigenvalue weighted by Crippen LogP contribution is -2.42. The Morgan fingerprint density at radius 2 is 2.00 bits per heavy atom. The van der Waals surface area contributed by atoms with Crippen LogP contribution in [0.1, 0.15) is 13.8 Å². The van der Waals surface area contributed by atoms with E-state index in [2.05, 4.69) is 5.32 Å². The van der Waals surface area contributed by atoms with E-state index in [0.717, 1.165) is 0 Å². The van der Waals surface area contributed by atoms with Crippen molar-refractivity contribution in [2.24, 2.45) is 5.73 Å². The molecule has 0 aliphatic carbocycles. The topological polar surface area (TPSA) is 98.5 Å². The summed E-state index contributed by atoms with van der Waals surface area (Å²) in [6.45, 7) is 3.60. The third-order valence-corrected chi connectivity index (χ3v) is 4.29. The van der Waals surface area contributed by atoms with Gasteiger partial charge in [0.25, 0.3) is 0 Å². The van der Waals surface area contributed by atoms with Gasteiger partial charge in [0.05, 0.1) is 12.4 Å². The Balaban J connectivity index is 4.31. The number of sulfone groups is 1. The SMILES string of the molecule is COCCNC(=O)C(C)S(=O)(=O)CC(C)N. The molecule has 0 saturated heterocycles. The lowest BCUT2D eigenvalue weighted by Gasteiger charge is -2.14. The Labute approximate surface area is 96.4 Å². The minimum atomic E-state index is -3.47. The summed E-state index contributed by atoms with van der Waals surface area (Å²) in [5.41, 5.74) is 5.41. The summed E-state index contributed by atoms with van der Waals surface area (Å²) in [5.74, 6) is -0.705. The monoisotopic (exact) mass is 252 g/mol. The summed E-state index contributed by atoms with van der Waals surface area (Å²) in [4.78, 5) is 11.5. The number of nitrogens with one attached hydrogen (secondary N) is 1. The van der Waals surface area contributed by atoms with Crippen LogP contribution in [0.5, 0.6) is 0 Å². The summed E-state index contributed by atoms with van der Waals surface area (Å²) in [6.07, 6.45) is 0. The standard InChI is InChI=1S/C9H20N2O4S/c1-7(10)6-16(13,14)8(2)9(12)11-4-5-15-3/h7-8H,4-6,10H2,1-3H3,(H,11,12). The number of nitrogens with two attached hydrogens (primary N) is 1. The predicted octanol–water partition coefficient (Wildman–Crippen LogP) is -1.10. The van der Waals surface area contributed by atoms with Crippen molar-refractivity contribution in [3.8, 4) is 0 Å². The molecular formula is C9H20N2O4S. The number of carbonyl (C=O) groups is 1. The molecular weight excluding hydrogens is 232 g/mol. The Hall–Kier alpha value is -0.660. The molecule has 6 nitrogen and oxygen atoms in total. The van der Waals surface area contributed by atoms with E-state index in [1.54, 1.807) is 6.92 Å². The zero-order valence-corrected chi connectivity index (χ0v) is 10.7. The second-order valence-corrected chi connectivity index (χ2v) is 6.10. The van der Waals surface area contributed by atoms with Gasteiger partial charge < -0.3 is 15.8 Å². The van der Waals surface area contributed by atoms with E-state index in [1.165, 1.54) is 14.0 Å². The van der Waals surface area contributed by atoms with E-state index >= 15 is 0 Å². The predicted molar refractivity (Wildman–Crippen MR) is 61.8 cm³/mol. The molecule has 0 aromatic carbocycles. The molecule has 0 fully saturated rings. The third kappa shape index (κ3) is 5.43. The minimum Gasteiger partial charge on any atom is -0.383 e. The third-order valence-electron chi connectivity index (χ3n) is 2.01. The maximum absolute atomic E-state index is 11.6. The molecule has 0 bridgehead atoms. The molecule has 16 heavy (non-hydrogen) atoms. The van der Waals surface area contributed by atoms with Crippen LogP contribution >= 0.6 is 0 Å². The molecule has 0 saturated carbocycles. The number of carbonyl (C=O) groups excluding carboxylic acids is 1. The molecule has 0 aliphatic rings. The van der Waals surface area contributed by atoms with Gasteiger partial charge in [-0.2, -0.15) is 0 Å². The largest absolute Gasteiger partial charge is 0.383 e. The van der Waals surface area contributed by atoms with Gasteiger partial charge in [0.2, 0.25) is 5.91 Å². The van der Waals surface area contributed by atoms with Crippen LogP contribution in [0.3, 0.4) is 0 Å². The van der Waals surface area contributed by atoms with Crippen LogP contribution in [0.25, 0.3) is 0 Å². The van der Waals surface area contributed by atoms with E-state index in [-0.39, 0.29) is 5.75 Å². The lowest BCUT2D eigenvalue weighted by molar-refractivity contribution is -0.120. The van der Waals surface area contributed by atoms with Gasteiger partial charge in [-0.25, -0.2) is 8.42 Å². The highest BCUT2D eigenvalue weighted by Crippen LogP contribution is 2.03. The fourth-order valence-electron chi connectivity index (χ4n) is 1.09. The lowest BCUT2D eigenvalue weighted by atomic mass is 10.4. The van der Waals surface area contributed by atoms with Gasteiger partial charge in [0.1, 0.15) is 5.25 Å². The molecule has 96 valence electrons. The van der Waals surface area contributed by atoms with Gasteiger partial charge in [0, 0.05) is 19.7 Å². The van der Waals surface area contributed by atoms with Crippen molar-refractivity contribution in [2.45, 2.75) is 25.1 Å². The maximum atomic E-state index is 11.6. The summed E-state index contributed by atoms with van der Waals surface area (Å²) in [6, 6.07) is -0.473. The first-order chi connectivity index (χ1) is 7.31. The minimum absolute atomic E-state index is 0.189. The maximum Gasteiger partial charge on any atom is 0.238 e. The quantitative estimate of drug-likeness (QED) is 0.560. The Kier molecular flexibility index (Phi) is 6.54. The van der Waals surface area contributed by atoms with Crippen LogP contribution in [0.2, 0.25) is 0 Å². The number of hydrogen-bond acceptors (Lipinski definition) is 5. The van der Waals surface area contributed by atoms with Crippen molar-refractivity contribution in [1.29, 1.82) is 0 Å². The van der Waals surface area contributed by atoms with Crippen molar-refractivity contribution in [2.75, 3.05) is 26.0 Å². The molecule has 0 aliphatic heterocycles.